The van der Waals surface area contributed by atoms with Crippen LogP contribution >= 0.6 is 0 Å². The number of amides is 1. The van der Waals surface area contributed by atoms with E-state index in [4.69, 9.17) is 5.73 Å². The molecular weight excluding hydrogens is 244 g/mol. The number of carbonyl (C=O) groups is 2. The highest BCUT2D eigenvalue weighted by atomic mass is 16.4. The number of carboxylic acids is 1. The van der Waals surface area contributed by atoms with Crippen molar-refractivity contribution in [2.75, 3.05) is 13.1 Å². The molecule has 0 saturated carbocycles. The molecule has 1 aromatic rings. The van der Waals surface area contributed by atoms with Gasteiger partial charge in [0.1, 0.15) is 0 Å². The maximum atomic E-state index is 12.2. The van der Waals surface area contributed by atoms with E-state index in [0.29, 0.717) is 6.54 Å². The number of nitrogens with zero attached hydrogens (tertiary/aromatic N) is 1. The average molecular weight is 262 g/mol. The van der Waals surface area contributed by atoms with E-state index in [1.54, 1.807) is 11.8 Å². The fourth-order valence-electron chi connectivity index (χ4n) is 2.40. The molecule has 3 N–H and O–H groups in total. The molecule has 2 rings (SSSR count). The second-order valence-electron chi connectivity index (χ2n) is 4.95. The Morgan fingerprint density at radius 3 is 2.79 bits per heavy atom. The largest absolute Gasteiger partial charge is 0.481 e. The fraction of sp³-hybridized carbons (Fsp3) is 0.429. The maximum absolute atomic E-state index is 12.2. The number of nitrogens with two attached hydrogens (primary N) is 1. The highest BCUT2D eigenvalue weighted by molar-refractivity contribution is 5.82. The quantitative estimate of drug-likeness (QED) is 0.843. The van der Waals surface area contributed by atoms with Gasteiger partial charge in [0.25, 0.3) is 0 Å². The molecule has 0 spiro atoms. The number of hydrogen-bond donors (Lipinski definition) is 2. The van der Waals surface area contributed by atoms with Crippen molar-refractivity contribution < 1.29 is 14.7 Å². The minimum Gasteiger partial charge on any atom is -0.481 e. The number of fused-ring (bicyclic) bond motifs is 1. The van der Waals surface area contributed by atoms with Gasteiger partial charge >= 0.3 is 5.97 Å². The summed E-state index contributed by atoms with van der Waals surface area (Å²) in [5.41, 5.74) is 7.21. The first kappa shape index (κ1) is 13.5. The van der Waals surface area contributed by atoms with E-state index in [1.165, 1.54) is 0 Å². The lowest BCUT2D eigenvalue weighted by Crippen LogP contribution is -2.44. The van der Waals surface area contributed by atoms with Gasteiger partial charge in [0.15, 0.2) is 0 Å². The van der Waals surface area contributed by atoms with E-state index < -0.39 is 11.9 Å². The van der Waals surface area contributed by atoms with Crippen LogP contribution in [0.3, 0.4) is 0 Å². The molecule has 1 heterocycles. The first-order valence-electron chi connectivity index (χ1n) is 6.34. The molecule has 1 aromatic carbocycles. The highest BCUT2D eigenvalue weighted by Gasteiger charge is 2.33. The van der Waals surface area contributed by atoms with E-state index in [9.17, 15) is 14.7 Å². The lowest BCUT2D eigenvalue weighted by atomic mass is 9.89. The molecule has 0 aliphatic carbocycles. The number of carbonyl (C=O) groups excluding carboxylic acids is 1. The summed E-state index contributed by atoms with van der Waals surface area (Å²) in [5.74, 6) is -1.91. The smallest absolute Gasteiger partial charge is 0.312 e. The first-order valence-corrected chi connectivity index (χ1v) is 6.34. The van der Waals surface area contributed by atoms with Gasteiger partial charge in [-0.3, -0.25) is 9.59 Å². The molecule has 5 heteroatoms. The molecule has 2 unspecified atom stereocenters. The Kier molecular flexibility index (Phi) is 3.85. The number of aliphatic carboxylic acids is 1. The predicted octanol–water partition coefficient (Wildman–Crippen LogP) is 0.792. The number of hydrogen-bond acceptors (Lipinski definition) is 3. The Bertz CT molecular complexity index is 501. The van der Waals surface area contributed by atoms with Gasteiger partial charge in [-0.15, -0.1) is 0 Å². The summed E-state index contributed by atoms with van der Waals surface area (Å²) in [6, 6.07) is 7.38. The standard InChI is InChI=1S/C14H18N2O3/c1-9(6-15)13(17)16-7-10-4-2-3-5-11(10)12(8-16)14(18)19/h2-5,9,12H,6-8,15H2,1H3,(H,18,19). The number of rotatable bonds is 3. The molecule has 2 atom stereocenters. The molecule has 0 saturated heterocycles. The summed E-state index contributed by atoms with van der Waals surface area (Å²) in [5, 5.41) is 9.32. The fourth-order valence-corrected chi connectivity index (χ4v) is 2.40. The van der Waals surface area contributed by atoms with Crippen molar-refractivity contribution in [1.29, 1.82) is 0 Å². The van der Waals surface area contributed by atoms with Crippen molar-refractivity contribution >= 4 is 11.9 Å². The van der Waals surface area contributed by atoms with Crippen molar-refractivity contribution in [3.8, 4) is 0 Å². The van der Waals surface area contributed by atoms with Crippen LogP contribution in [-0.2, 0) is 16.1 Å². The van der Waals surface area contributed by atoms with Gasteiger partial charge in [-0.2, -0.15) is 0 Å². The predicted molar refractivity (Wildman–Crippen MR) is 70.5 cm³/mol. The summed E-state index contributed by atoms with van der Waals surface area (Å²) in [4.78, 5) is 25.1. The van der Waals surface area contributed by atoms with Crippen LogP contribution in [0.5, 0.6) is 0 Å². The minimum atomic E-state index is -0.898. The van der Waals surface area contributed by atoms with E-state index in [0.717, 1.165) is 11.1 Å². The van der Waals surface area contributed by atoms with E-state index in [2.05, 4.69) is 0 Å². The maximum Gasteiger partial charge on any atom is 0.312 e. The van der Waals surface area contributed by atoms with Crippen LogP contribution in [0.2, 0.25) is 0 Å². The van der Waals surface area contributed by atoms with Crippen molar-refractivity contribution in [1.82, 2.24) is 4.90 Å². The first-order chi connectivity index (χ1) is 9.04. The Hall–Kier alpha value is -1.88. The Labute approximate surface area is 112 Å². The van der Waals surface area contributed by atoms with Crippen LogP contribution < -0.4 is 5.73 Å². The van der Waals surface area contributed by atoms with Crippen LogP contribution in [0.1, 0.15) is 24.0 Å². The highest BCUT2D eigenvalue weighted by Crippen LogP contribution is 2.29. The van der Waals surface area contributed by atoms with Gasteiger partial charge in [0.05, 0.1) is 5.92 Å². The van der Waals surface area contributed by atoms with Crippen LogP contribution in [0.15, 0.2) is 24.3 Å². The zero-order chi connectivity index (χ0) is 14.0. The molecule has 19 heavy (non-hydrogen) atoms. The topological polar surface area (TPSA) is 83.6 Å². The van der Waals surface area contributed by atoms with Gasteiger partial charge in [-0.25, -0.2) is 0 Å². The van der Waals surface area contributed by atoms with E-state index >= 15 is 0 Å². The molecule has 0 radical (unpaired) electrons. The monoisotopic (exact) mass is 262 g/mol. The molecule has 1 aliphatic heterocycles. The molecule has 1 aliphatic rings. The number of carboxylic acid groups (broad SMARTS) is 1. The van der Waals surface area contributed by atoms with Crippen LogP contribution in [0.4, 0.5) is 0 Å². The number of benzene rings is 1. The van der Waals surface area contributed by atoms with Crippen molar-refractivity contribution in [3.05, 3.63) is 35.4 Å². The van der Waals surface area contributed by atoms with Crippen molar-refractivity contribution in [2.24, 2.45) is 11.7 Å². The Balaban J connectivity index is 2.30. The lowest BCUT2D eigenvalue weighted by molar-refractivity contribution is -0.142. The van der Waals surface area contributed by atoms with E-state index in [1.807, 2.05) is 24.3 Å². The third-order valence-corrected chi connectivity index (χ3v) is 3.58. The van der Waals surface area contributed by atoms with Crippen LogP contribution in [-0.4, -0.2) is 35.0 Å². The molecule has 0 aromatic heterocycles. The minimum absolute atomic E-state index is 0.0803. The third kappa shape index (κ3) is 2.61. The molecule has 5 nitrogen and oxygen atoms in total. The Morgan fingerprint density at radius 2 is 2.16 bits per heavy atom. The zero-order valence-corrected chi connectivity index (χ0v) is 10.9. The second-order valence-corrected chi connectivity index (χ2v) is 4.95. The normalized spacial score (nSPS) is 19.7. The van der Waals surface area contributed by atoms with Crippen LogP contribution in [0.25, 0.3) is 0 Å². The van der Waals surface area contributed by atoms with Gasteiger partial charge in [0.2, 0.25) is 5.91 Å². The molecule has 102 valence electrons. The van der Waals surface area contributed by atoms with Gasteiger partial charge in [-0.05, 0) is 11.1 Å². The van der Waals surface area contributed by atoms with Crippen molar-refractivity contribution in [3.63, 3.8) is 0 Å². The van der Waals surface area contributed by atoms with E-state index in [-0.39, 0.29) is 24.9 Å². The molecule has 1 amide bonds. The summed E-state index contributed by atoms with van der Waals surface area (Å²) in [6.07, 6.45) is 0. The average Bonchev–Trinajstić information content (AvgIpc) is 2.44. The van der Waals surface area contributed by atoms with Gasteiger partial charge in [0, 0.05) is 25.6 Å². The Morgan fingerprint density at radius 1 is 1.47 bits per heavy atom. The lowest BCUT2D eigenvalue weighted by Gasteiger charge is -2.34. The summed E-state index contributed by atoms with van der Waals surface area (Å²) in [7, 11) is 0. The third-order valence-electron chi connectivity index (χ3n) is 3.58. The van der Waals surface area contributed by atoms with Crippen LogP contribution in [0, 0.1) is 5.92 Å². The second kappa shape index (κ2) is 5.40. The molecule has 0 fully saturated rings. The SMILES string of the molecule is CC(CN)C(=O)N1Cc2ccccc2C(C(=O)O)C1. The summed E-state index contributed by atoms with van der Waals surface area (Å²) >= 11 is 0. The molecular formula is C14H18N2O3. The molecule has 0 bridgehead atoms. The van der Waals surface area contributed by atoms with Gasteiger partial charge in [-0.1, -0.05) is 31.2 Å². The van der Waals surface area contributed by atoms with Gasteiger partial charge < -0.3 is 15.7 Å². The summed E-state index contributed by atoms with van der Waals surface area (Å²) < 4.78 is 0. The summed E-state index contributed by atoms with van der Waals surface area (Å²) in [6.45, 7) is 2.71. The zero-order valence-electron chi connectivity index (χ0n) is 10.9. The van der Waals surface area contributed by atoms with Crippen molar-refractivity contribution in [2.45, 2.75) is 19.4 Å².